The van der Waals surface area contributed by atoms with Gasteiger partial charge in [-0.15, -0.1) is 0 Å². The van der Waals surface area contributed by atoms with Crippen LogP contribution < -0.4 is 0 Å². The van der Waals surface area contributed by atoms with E-state index in [4.69, 9.17) is 4.84 Å². The first-order valence-corrected chi connectivity index (χ1v) is 5.23. The number of nitro groups is 1. The van der Waals surface area contributed by atoms with E-state index in [1.54, 1.807) is 5.06 Å². The van der Waals surface area contributed by atoms with Gasteiger partial charge in [0.2, 0.25) is 6.54 Å². The van der Waals surface area contributed by atoms with Crippen LogP contribution in [0.1, 0.15) is 18.0 Å². The second-order valence-electron chi connectivity index (χ2n) is 3.95. The van der Waals surface area contributed by atoms with Crippen molar-refractivity contribution in [1.82, 2.24) is 5.06 Å². The topological polar surface area (TPSA) is 55.6 Å². The molecule has 1 aliphatic heterocycles. The van der Waals surface area contributed by atoms with Crippen LogP contribution in [0.4, 0.5) is 0 Å². The van der Waals surface area contributed by atoms with E-state index in [1.807, 2.05) is 37.4 Å². The second kappa shape index (κ2) is 4.59. The van der Waals surface area contributed by atoms with Crippen LogP contribution in [0.15, 0.2) is 30.3 Å². The van der Waals surface area contributed by atoms with Gasteiger partial charge in [-0.3, -0.25) is 15.0 Å². The summed E-state index contributed by atoms with van der Waals surface area (Å²) < 4.78 is 0. The fourth-order valence-corrected chi connectivity index (χ4v) is 2.04. The summed E-state index contributed by atoms with van der Waals surface area (Å²) in [4.78, 5) is 15.5. The van der Waals surface area contributed by atoms with E-state index in [-0.39, 0.29) is 23.6 Å². The molecule has 5 heteroatoms. The van der Waals surface area contributed by atoms with E-state index < -0.39 is 0 Å². The summed E-state index contributed by atoms with van der Waals surface area (Å²) >= 11 is 0. The van der Waals surface area contributed by atoms with Crippen molar-refractivity contribution in [1.29, 1.82) is 0 Å². The van der Waals surface area contributed by atoms with Crippen molar-refractivity contribution in [3.63, 3.8) is 0 Å². The Labute approximate surface area is 93.7 Å². The minimum atomic E-state index is -0.327. The van der Waals surface area contributed by atoms with Gasteiger partial charge in [0, 0.05) is 18.4 Å². The Morgan fingerprint density at radius 1 is 1.50 bits per heavy atom. The lowest BCUT2D eigenvalue weighted by Gasteiger charge is -2.17. The summed E-state index contributed by atoms with van der Waals surface area (Å²) in [6.07, 6.45) is 0.354. The molecule has 1 heterocycles. The molecule has 0 bridgehead atoms. The van der Waals surface area contributed by atoms with E-state index in [0.29, 0.717) is 6.42 Å². The summed E-state index contributed by atoms with van der Waals surface area (Å²) in [5.74, 6) is 0. The normalized spacial score (nSPS) is 25.8. The van der Waals surface area contributed by atoms with Crippen molar-refractivity contribution in [2.24, 2.45) is 0 Å². The zero-order chi connectivity index (χ0) is 11.5. The minimum absolute atomic E-state index is 0.117. The predicted octanol–water partition coefficient (Wildman–Crippen LogP) is 1.64. The van der Waals surface area contributed by atoms with Crippen molar-refractivity contribution in [3.05, 3.63) is 46.0 Å². The van der Waals surface area contributed by atoms with Gasteiger partial charge in [-0.2, -0.15) is 5.06 Å². The summed E-state index contributed by atoms with van der Waals surface area (Å²) in [5, 5.41) is 12.1. The van der Waals surface area contributed by atoms with Crippen molar-refractivity contribution >= 4 is 0 Å². The van der Waals surface area contributed by atoms with Crippen LogP contribution >= 0.6 is 0 Å². The van der Waals surface area contributed by atoms with Crippen molar-refractivity contribution < 1.29 is 9.76 Å². The number of nitrogens with zero attached hydrogens (tertiary/aromatic N) is 2. The maximum atomic E-state index is 10.4. The third-order valence-electron chi connectivity index (χ3n) is 2.78. The van der Waals surface area contributed by atoms with Gasteiger partial charge >= 0.3 is 0 Å². The Morgan fingerprint density at radius 2 is 2.19 bits per heavy atom. The molecule has 0 aromatic heterocycles. The highest BCUT2D eigenvalue weighted by atomic mass is 16.7. The Bertz CT molecular complexity index is 369. The van der Waals surface area contributed by atoms with Gasteiger partial charge in [0.05, 0.1) is 6.04 Å². The molecule has 1 aromatic rings. The molecule has 0 aliphatic carbocycles. The third kappa shape index (κ3) is 2.37. The van der Waals surface area contributed by atoms with E-state index in [9.17, 15) is 10.1 Å². The molecule has 0 N–H and O–H groups in total. The van der Waals surface area contributed by atoms with E-state index >= 15 is 0 Å². The molecule has 86 valence electrons. The van der Waals surface area contributed by atoms with Crippen LogP contribution in [0.25, 0.3) is 0 Å². The first kappa shape index (κ1) is 11.0. The molecule has 1 fully saturated rings. The summed E-state index contributed by atoms with van der Waals surface area (Å²) in [5.41, 5.74) is 1.14. The molecule has 1 saturated heterocycles. The lowest BCUT2D eigenvalue weighted by molar-refractivity contribution is -0.493. The maximum absolute atomic E-state index is 10.4. The summed E-state index contributed by atoms with van der Waals surface area (Å²) in [6.45, 7) is -0.131. The zero-order valence-electron chi connectivity index (χ0n) is 9.07. The summed E-state index contributed by atoms with van der Waals surface area (Å²) in [7, 11) is 1.82. The molecule has 2 rings (SSSR count). The average Bonchev–Trinajstić information content (AvgIpc) is 2.60. The number of hydroxylamine groups is 2. The highest BCUT2D eigenvalue weighted by Crippen LogP contribution is 2.32. The Hall–Kier alpha value is -1.46. The lowest BCUT2D eigenvalue weighted by atomic mass is 10.0. The first-order valence-electron chi connectivity index (χ1n) is 5.23. The Morgan fingerprint density at radius 3 is 2.81 bits per heavy atom. The quantitative estimate of drug-likeness (QED) is 0.576. The number of rotatable bonds is 3. The molecular weight excluding hydrogens is 208 g/mol. The molecule has 0 unspecified atom stereocenters. The van der Waals surface area contributed by atoms with Crippen LogP contribution in [-0.4, -0.2) is 29.7 Å². The minimum Gasteiger partial charge on any atom is -0.288 e. The van der Waals surface area contributed by atoms with E-state index in [2.05, 4.69) is 0 Å². The fraction of sp³-hybridized carbons (Fsp3) is 0.455. The average molecular weight is 222 g/mol. The molecule has 1 aliphatic rings. The zero-order valence-corrected chi connectivity index (χ0v) is 9.07. The SMILES string of the molecule is CN1O[C@H](C[N+](=O)[O-])C[C@@H]1c1ccccc1. The van der Waals surface area contributed by atoms with Crippen LogP contribution in [0.5, 0.6) is 0 Å². The molecule has 0 radical (unpaired) electrons. The number of hydrogen-bond acceptors (Lipinski definition) is 4. The van der Waals surface area contributed by atoms with Crippen LogP contribution in [0.3, 0.4) is 0 Å². The van der Waals surface area contributed by atoms with Crippen molar-refractivity contribution in [2.75, 3.05) is 13.6 Å². The lowest BCUT2D eigenvalue weighted by Crippen LogP contribution is -2.21. The van der Waals surface area contributed by atoms with Crippen LogP contribution in [-0.2, 0) is 4.84 Å². The fourth-order valence-electron chi connectivity index (χ4n) is 2.04. The second-order valence-corrected chi connectivity index (χ2v) is 3.95. The van der Waals surface area contributed by atoms with Crippen molar-refractivity contribution in [3.8, 4) is 0 Å². The van der Waals surface area contributed by atoms with E-state index in [0.717, 1.165) is 5.56 Å². The molecule has 0 amide bonds. The van der Waals surface area contributed by atoms with Crippen LogP contribution in [0, 0.1) is 10.1 Å². The van der Waals surface area contributed by atoms with Crippen molar-refractivity contribution in [2.45, 2.75) is 18.6 Å². The Kier molecular flexibility index (Phi) is 3.17. The monoisotopic (exact) mass is 222 g/mol. The largest absolute Gasteiger partial charge is 0.288 e. The summed E-state index contributed by atoms with van der Waals surface area (Å²) in [6, 6.07) is 10.0. The number of benzene rings is 1. The molecule has 5 nitrogen and oxygen atoms in total. The van der Waals surface area contributed by atoms with Gasteiger partial charge < -0.3 is 0 Å². The van der Waals surface area contributed by atoms with Crippen LogP contribution in [0.2, 0.25) is 0 Å². The van der Waals surface area contributed by atoms with Gasteiger partial charge in [-0.05, 0) is 5.56 Å². The molecule has 0 saturated carbocycles. The predicted molar refractivity (Wildman–Crippen MR) is 58.3 cm³/mol. The molecule has 2 atom stereocenters. The smallest absolute Gasteiger partial charge is 0.231 e. The highest BCUT2D eigenvalue weighted by Gasteiger charge is 2.34. The number of hydrogen-bond donors (Lipinski definition) is 0. The van der Waals surface area contributed by atoms with E-state index in [1.165, 1.54) is 0 Å². The maximum Gasteiger partial charge on any atom is 0.231 e. The van der Waals surface area contributed by atoms with Gasteiger partial charge in [-0.25, -0.2) is 0 Å². The first-order chi connectivity index (χ1) is 7.66. The molecule has 16 heavy (non-hydrogen) atoms. The van der Waals surface area contributed by atoms with Gasteiger partial charge in [-0.1, -0.05) is 30.3 Å². The standard InChI is InChI=1S/C11H14N2O3/c1-12-11(9-5-3-2-4-6-9)7-10(16-12)8-13(14)15/h2-6,10-11H,7-8H2,1H3/t10-,11+/m0/s1. The molecular formula is C11H14N2O3. The van der Waals surface area contributed by atoms with Gasteiger partial charge in [0.1, 0.15) is 6.10 Å². The van der Waals surface area contributed by atoms with Gasteiger partial charge in [0.25, 0.3) is 0 Å². The molecule has 0 spiro atoms. The van der Waals surface area contributed by atoms with Gasteiger partial charge in [0.15, 0.2) is 0 Å². The Balaban J connectivity index is 2.05. The molecule has 1 aromatic carbocycles. The highest BCUT2D eigenvalue weighted by molar-refractivity contribution is 5.19. The third-order valence-corrected chi connectivity index (χ3v) is 2.78.